The van der Waals surface area contributed by atoms with Crippen LogP contribution in [0.5, 0.6) is 0 Å². The summed E-state index contributed by atoms with van der Waals surface area (Å²) in [6.45, 7) is 8.94. The Balaban J connectivity index is 1.60. The van der Waals surface area contributed by atoms with Crippen LogP contribution in [0.15, 0.2) is 64.5 Å². The largest absolute Gasteiger partial charge is 0.293 e. The number of ketones is 1. The fourth-order valence-corrected chi connectivity index (χ4v) is 7.05. The Morgan fingerprint density at radius 2 is 1.83 bits per heavy atom. The molecule has 0 bridgehead atoms. The molecule has 0 amide bonds. The fraction of sp³-hybridized carbons (Fsp3) is 0.345. The second kappa shape index (κ2) is 9.40. The average Bonchev–Trinajstić information content (AvgIpc) is 3.21. The number of thiophene rings is 1. The molecule has 0 spiro atoms. The number of aromatic nitrogens is 2. The number of rotatable bonds is 5. The lowest BCUT2D eigenvalue weighted by Crippen LogP contribution is -2.27. The number of Topliss-reactive ketones (excluding diaryl/α,β-unsaturated/α-hetero) is 1. The van der Waals surface area contributed by atoms with Gasteiger partial charge in [0, 0.05) is 10.4 Å². The third kappa shape index (κ3) is 4.74. The Kier molecular flexibility index (Phi) is 6.45. The third-order valence-corrected chi connectivity index (χ3v) is 9.08. The van der Waals surface area contributed by atoms with Crippen LogP contribution >= 0.6 is 23.1 Å². The number of carbonyl (C=O) groups excluding carboxylic acids is 1. The summed E-state index contributed by atoms with van der Waals surface area (Å²) in [5, 5.41) is 1.33. The molecule has 2 aromatic carbocycles. The molecular formula is C29H30N2O2S2. The Morgan fingerprint density at radius 3 is 2.51 bits per heavy atom. The van der Waals surface area contributed by atoms with Gasteiger partial charge >= 0.3 is 0 Å². The summed E-state index contributed by atoms with van der Waals surface area (Å²) in [5.74, 6) is 0.851. The normalized spacial score (nSPS) is 15.8. The maximum absolute atomic E-state index is 14.0. The molecule has 1 aliphatic carbocycles. The first-order chi connectivity index (χ1) is 16.7. The van der Waals surface area contributed by atoms with Crippen molar-refractivity contribution in [3.05, 3.63) is 86.5 Å². The monoisotopic (exact) mass is 502 g/mol. The minimum Gasteiger partial charge on any atom is -0.293 e. The van der Waals surface area contributed by atoms with Gasteiger partial charge in [0.05, 0.1) is 16.8 Å². The van der Waals surface area contributed by atoms with E-state index in [1.165, 1.54) is 22.2 Å². The lowest BCUT2D eigenvalue weighted by atomic mass is 9.72. The predicted octanol–water partition coefficient (Wildman–Crippen LogP) is 6.88. The quantitative estimate of drug-likeness (QED) is 0.170. The third-order valence-electron chi connectivity index (χ3n) is 7.00. The first kappa shape index (κ1) is 24.0. The molecule has 2 aromatic heterocycles. The standard InChI is InChI=1S/C29H30N2O2S2/c1-18-10-13-21(14-11-18)31-27(33)25-22-15-12-20(29(2,3)4)16-24(22)35-26(25)30-28(31)34-17-23(32)19-8-6-5-7-9-19/h5-11,13-14,20H,12,15-17H2,1-4H3. The van der Waals surface area contributed by atoms with Crippen molar-refractivity contribution in [2.24, 2.45) is 11.3 Å². The molecule has 0 N–H and O–H groups in total. The summed E-state index contributed by atoms with van der Waals surface area (Å²) in [4.78, 5) is 33.9. The highest BCUT2D eigenvalue weighted by molar-refractivity contribution is 7.99. The van der Waals surface area contributed by atoms with Gasteiger partial charge in [0.2, 0.25) is 0 Å². The highest BCUT2D eigenvalue weighted by atomic mass is 32.2. The minimum absolute atomic E-state index is 0.0268. The summed E-state index contributed by atoms with van der Waals surface area (Å²) in [7, 11) is 0. The first-order valence-electron chi connectivity index (χ1n) is 12.1. The lowest BCUT2D eigenvalue weighted by molar-refractivity contribution is 0.102. The second-order valence-electron chi connectivity index (χ2n) is 10.4. The van der Waals surface area contributed by atoms with Crippen molar-refractivity contribution in [3.63, 3.8) is 0 Å². The molecule has 1 atom stereocenters. The van der Waals surface area contributed by atoms with Crippen LogP contribution in [0.3, 0.4) is 0 Å². The van der Waals surface area contributed by atoms with Gasteiger partial charge in [-0.2, -0.15) is 0 Å². The maximum Gasteiger partial charge on any atom is 0.267 e. The van der Waals surface area contributed by atoms with Crippen LogP contribution < -0.4 is 5.56 Å². The van der Waals surface area contributed by atoms with E-state index < -0.39 is 0 Å². The van der Waals surface area contributed by atoms with Crippen LogP contribution in [0.25, 0.3) is 15.9 Å². The molecule has 2 heterocycles. The molecule has 4 aromatic rings. The van der Waals surface area contributed by atoms with Crippen molar-refractivity contribution < 1.29 is 4.79 Å². The predicted molar refractivity (Wildman–Crippen MR) is 146 cm³/mol. The van der Waals surface area contributed by atoms with Crippen molar-refractivity contribution in [2.45, 2.75) is 52.1 Å². The van der Waals surface area contributed by atoms with Crippen LogP contribution in [0.1, 0.15) is 53.6 Å². The van der Waals surface area contributed by atoms with Crippen molar-refractivity contribution >= 4 is 39.1 Å². The van der Waals surface area contributed by atoms with E-state index in [2.05, 4.69) is 20.8 Å². The molecule has 4 nitrogen and oxygen atoms in total. The minimum atomic E-state index is -0.0276. The van der Waals surface area contributed by atoms with E-state index in [9.17, 15) is 9.59 Å². The Morgan fingerprint density at radius 1 is 1.11 bits per heavy atom. The maximum atomic E-state index is 14.0. The number of carbonyl (C=O) groups is 1. The number of nitrogens with zero attached hydrogens (tertiary/aromatic N) is 2. The highest BCUT2D eigenvalue weighted by Gasteiger charge is 2.32. The molecule has 1 unspecified atom stereocenters. The molecular weight excluding hydrogens is 472 g/mol. The second-order valence-corrected chi connectivity index (χ2v) is 12.5. The van der Waals surface area contributed by atoms with E-state index in [1.807, 2.05) is 61.5 Å². The number of fused-ring (bicyclic) bond motifs is 3. The molecule has 0 radical (unpaired) electrons. The van der Waals surface area contributed by atoms with Crippen molar-refractivity contribution in [1.82, 2.24) is 9.55 Å². The fourth-order valence-electron chi connectivity index (χ4n) is 4.80. The molecule has 0 saturated heterocycles. The molecule has 5 rings (SSSR count). The van der Waals surface area contributed by atoms with Crippen LogP contribution in [-0.4, -0.2) is 21.1 Å². The van der Waals surface area contributed by atoms with E-state index in [1.54, 1.807) is 15.9 Å². The molecule has 6 heteroatoms. The van der Waals surface area contributed by atoms with Crippen molar-refractivity contribution in [1.29, 1.82) is 0 Å². The number of benzene rings is 2. The summed E-state index contributed by atoms with van der Waals surface area (Å²) in [6.07, 6.45) is 3.01. The number of hydrogen-bond acceptors (Lipinski definition) is 5. The van der Waals surface area contributed by atoms with Crippen LogP contribution in [0.4, 0.5) is 0 Å². The SMILES string of the molecule is Cc1ccc(-n2c(SCC(=O)c3ccccc3)nc3sc4c(c3c2=O)CCC(C(C)(C)C)C4)cc1. The Hall–Kier alpha value is -2.70. The van der Waals surface area contributed by atoms with E-state index in [0.717, 1.165) is 40.7 Å². The first-order valence-corrected chi connectivity index (χ1v) is 13.9. The lowest BCUT2D eigenvalue weighted by Gasteiger charge is -2.33. The van der Waals surface area contributed by atoms with Crippen molar-refractivity contribution in [3.8, 4) is 5.69 Å². The average molecular weight is 503 g/mol. The zero-order valence-corrected chi connectivity index (χ0v) is 22.3. The zero-order chi connectivity index (χ0) is 24.7. The molecule has 1 aliphatic rings. The van der Waals surface area contributed by atoms with Gasteiger partial charge in [-0.3, -0.25) is 14.2 Å². The molecule has 0 fully saturated rings. The van der Waals surface area contributed by atoms with Gasteiger partial charge in [0.15, 0.2) is 10.9 Å². The van der Waals surface area contributed by atoms with Gasteiger partial charge in [0.1, 0.15) is 4.83 Å². The molecule has 35 heavy (non-hydrogen) atoms. The topological polar surface area (TPSA) is 52.0 Å². The van der Waals surface area contributed by atoms with Crippen LogP contribution in [0, 0.1) is 18.3 Å². The summed E-state index contributed by atoms with van der Waals surface area (Å²) < 4.78 is 1.70. The number of thioether (sulfide) groups is 1. The number of aryl methyl sites for hydroxylation is 2. The summed E-state index contributed by atoms with van der Waals surface area (Å²) in [6, 6.07) is 17.2. The molecule has 0 aliphatic heterocycles. The van der Waals surface area contributed by atoms with E-state index in [-0.39, 0.29) is 22.5 Å². The smallest absolute Gasteiger partial charge is 0.267 e. The Labute approximate surface area is 214 Å². The van der Waals surface area contributed by atoms with Crippen molar-refractivity contribution in [2.75, 3.05) is 5.75 Å². The summed E-state index contributed by atoms with van der Waals surface area (Å²) >= 11 is 3.00. The highest BCUT2D eigenvalue weighted by Crippen LogP contribution is 2.42. The van der Waals surface area contributed by atoms with Crippen LogP contribution in [0.2, 0.25) is 0 Å². The van der Waals surface area contributed by atoms with E-state index in [0.29, 0.717) is 16.6 Å². The number of hydrogen-bond donors (Lipinski definition) is 0. The van der Waals surface area contributed by atoms with Gasteiger partial charge in [-0.05, 0) is 55.2 Å². The molecule has 180 valence electrons. The van der Waals surface area contributed by atoms with Gasteiger partial charge in [0.25, 0.3) is 5.56 Å². The van der Waals surface area contributed by atoms with E-state index in [4.69, 9.17) is 4.98 Å². The Bertz CT molecular complexity index is 1440. The van der Waals surface area contributed by atoms with Gasteiger partial charge < -0.3 is 0 Å². The van der Waals surface area contributed by atoms with Gasteiger partial charge in [-0.1, -0.05) is 80.6 Å². The summed E-state index contributed by atoms with van der Waals surface area (Å²) in [5.41, 5.74) is 3.98. The van der Waals surface area contributed by atoms with Gasteiger partial charge in [-0.25, -0.2) is 4.98 Å². The van der Waals surface area contributed by atoms with Crippen LogP contribution in [-0.2, 0) is 12.8 Å². The molecule has 0 saturated carbocycles. The van der Waals surface area contributed by atoms with E-state index >= 15 is 0 Å². The van der Waals surface area contributed by atoms with Gasteiger partial charge in [-0.15, -0.1) is 11.3 Å². The zero-order valence-electron chi connectivity index (χ0n) is 20.6.